The van der Waals surface area contributed by atoms with Gasteiger partial charge in [0.2, 0.25) is 0 Å². The van der Waals surface area contributed by atoms with Crippen LogP contribution in [0.15, 0.2) is 0 Å². The summed E-state index contributed by atoms with van der Waals surface area (Å²) in [4.78, 5) is 26.6. The lowest BCUT2D eigenvalue weighted by atomic mass is 10.0. The third-order valence-corrected chi connectivity index (χ3v) is 4.15. The topological polar surface area (TPSA) is 70.1 Å². The van der Waals surface area contributed by atoms with Crippen molar-refractivity contribution in [2.24, 2.45) is 11.8 Å². The van der Waals surface area contributed by atoms with Crippen LogP contribution in [-0.4, -0.2) is 66.3 Å². The van der Waals surface area contributed by atoms with Crippen LogP contribution in [0.3, 0.4) is 0 Å². The molecule has 2 unspecified atom stereocenters. The maximum atomic E-state index is 12.3. The fourth-order valence-corrected chi connectivity index (χ4v) is 2.59. The van der Waals surface area contributed by atoms with Crippen molar-refractivity contribution >= 4 is 12.0 Å². The number of ether oxygens (including phenoxy) is 1. The molecule has 0 aromatic heterocycles. The highest BCUT2D eigenvalue weighted by molar-refractivity contribution is 5.83. The lowest BCUT2D eigenvalue weighted by molar-refractivity contribution is -0.142. The van der Waals surface area contributed by atoms with Crippen molar-refractivity contribution in [3.63, 3.8) is 0 Å². The van der Waals surface area contributed by atoms with Crippen LogP contribution in [0.4, 0.5) is 4.79 Å². The number of carbonyl (C=O) groups is 2. The van der Waals surface area contributed by atoms with Gasteiger partial charge >= 0.3 is 12.0 Å². The van der Waals surface area contributed by atoms with Crippen LogP contribution >= 0.6 is 0 Å². The van der Waals surface area contributed by atoms with Crippen molar-refractivity contribution in [1.82, 2.24) is 9.80 Å². The summed E-state index contributed by atoms with van der Waals surface area (Å²) in [7, 11) is 1.70. The van der Waals surface area contributed by atoms with Gasteiger partial charge in [0, 0.05) is 26.7 Å². The van der Waals surface area contributed by atoms with Gasteiger partial charge in [-0.2, -0.15) is 0 Å². The van der Waals surface area contributed by atoms with Crippen molar-refractivity contribution in [3.8, 4) is 0 Å². The van der Waals surface area contributed by atoms with E-state index < -0.39 is 12.0 Å². The van der Waals surface area contributed by atoms with E-state index in [1.807, 2.05) is 6.92 Å². The van der Waals surface area contributed by atoms with Crippen LogP contribution in [0.2, 0.25) is 0 Å². The molecule has 2 atom stereocenters. The van der Waals surface area contributed by atoms with E-state index in [9.17, 15) is 14.7 Å². The van der Waals surface area contributed by atoms with Crippen LogP contribution in [-0.2, 0) is 9.53 Å². The van der Waals surface area contributed by atoms with Crippen LogP contribution < -0.4 is 0 Å². The van der Waals surface area contributed by atoms with E-state index in [4.69, 9.17) is 4.74 Å². The summed E-state index contributed by atoms with van der Waals surface area (Å²) in [6.45, 7) is 4.19. The number of carbonyl (C=O) groups excluding carboxylic acids is 1. The molecule has 0 spiro atoms. The van der Waals surface area contributed by atoms with Gasteiger partial charge in [-0.05, 0) is 31.1 Å². The molecule has 1 N–H and O–H groups in total. The molecule has 2 amide bonds. The maximum absolute atomic E-state index is 12.3. The van der Waals surface area contributed by atoms with E-state index in [0.29, 0.717) is 25.6 Å². The number of nitrogens with zero attached hydrogens (tertiary/aromatic N) is 2. The van der Waals surface area contributed by atoms with E-state index >= 15 is 0 Å². The van der Waals surface area contributed by atoms with Crippen LogP contribution in [0.25, 0.3) is 0 Å². The minimum atomic E-state index is -0.915. The average molecular weight is 284 g/mol. The molecule has 1 aliphatic heterocycles. The normalized spacial score (nSPS) is 25.8. The van der Waals surface area contributed by atoms with E-state index in [0.717, 1.165) is 13.0 Å². The third kappa shape index (κ3) is 3.62. The summed E-state index contributed by atoms with van der Waals surface area (Å²) >= 11 is 0. The van der Waals surface area contributed by atoms with Crippen molar-refractivity contribution in [2.45, 2.75) is 32.2 Å². The second kappa shape index (κ2) is 6.43. The zero-order valence-corrected chi connectivity index (χ0v) is 12.2. The fraction of sp³-hybridized carbons (Fsp3) is 0.857. The third-order valence-electron chi connectivity index (χ3n) is 4.15. The molecule has 6 heteroatoms. The average Bonchev–Trinajstić information content (AvgIpc) is 3.14. The summed E-state index contributed by atoms with van der Waals surface area (Å²) < 4.78 is 5.51. The minimum absolute atomic E-state index is 0.0102. The molecule has 0 aromatic carbocycles. The van der Waals surface area contributed by atoms with Gasteiger partial charge < -0.3 is 19.6 Å². The van der Waals surface area contributed by atoms with Gasteiger partial charge in [-0.3, -0.25) is 0 Å². The van der Waals surface area contributed by atoms with Gasteiger partial charge in [0.25, 0.3) is 0 Å². The zero-order chi connectivity index (χ0) is 14.7. The maximum Gasteiger partial charge on any atom is 0.326 e. The molecular formula is C14H24N2O4. The Labute approximate surface area is 119 Å². The second-order valence-corrected chi connectivity index (χ2v) is 5.96. The predicted molar refractivity (Wildman–Crippen MR) is 73.5 cm³/mol. The van der Waals surface area contributed by atoms with Gasteiger partial charge in [-0.25, -0.2) is 9.59 Å². The van der Waals surface area contributed by atoms with Crippen LogP contribution in [0, 0.1) is 11.8 Å². The molecule has 2 aliphatic rings. The van der Waals surface area contributed by atoms with Crippen molar-refractivity contribution in [1.29, 1.82) is 0 Å². The molecule has 0 radical (unpaired) electrons. The van der Waals surface area contributed by atoms with Gasteiger partial charge in [-0.1, -0.05) is 6.92 Å². The van der Waals surface area contributed by atoms with Crippen molar-refractivity contribution < 1.29 is 19.4 Å². The summed E-state index contributed by atoms with van der Waals surface area (Å²) in [5, 5.41) is 9.23. The number of rotatable bonds is 6. The number of carboxylic acid groups (broad SMARTS) is 1. The van der Waals surface area contributed by atoms with Gasteiger partial charge in [-0.15, -0.1) is 0 Å². The van der Waals surface area contributed by atoms with E-state index in [2.05, 4.69) is 0 Å². The molecule has 0 bridgehead atoms. The highest BCUT2D eigenvalue weighted by Crippen LogP contribution is 2.28. The smallest absolute Gasteiger partial charge is 0.326 e. The molecule has 0 aromatic rings. The van der Waals surface area contributed by atoms with Crippen LogP contribution in [0.5, 0.6) is 0 Å². The Balaban J connectivity index is 1.77. The first kappa shape index (κ1) is 15.1. The molecule has 2 fully saturated rings. The molecule has 2 rings (SSSR count). The lowest BCUT2D eigenvalue weighted by Crippen LogP contribution is -2.48. The van der Waals surface area contributed by atoms with Crippen LogP contribution in [0.1, 0.15) is 26.2 Å². The molecular weight excluding hydrogens is 260 g/mol. The Morgan fingerprint density at radius 1 is 1.35 bits per heavy atom. The highest BCUT2D eigenvalue weighted by Gasteiger charge is 2.40. The first-order valence-corrected chi connectivity index (χ1v) is 7.33. The zero-order valence-electron chi connectivity index (χ0n) is 12.2. The summed E-state index contributed by atoms with van der Waals surface area (Å²) in [5.74, 6) is -0.190. The number of likely N-dealkylation sites (tertiary alicyclic amines) is 1. The summed E-state index contributed by atoms with van der Waals surface area (Å²) in [6, 6.07) is -0.908. The molecule has 1 aliphatic carbocycles. The van der Waals surface area contributed by atoms with Gasteiger partial charge in [0.15, 0.2) is 0 Å². The summed E-state index contributed by atoms with van der Waals surface area (Å²) in [6.07, 6.45) is 3.25. The lowest BCUT2D eigenvalue weighted by Gasteiger charge is -2.28. The number of aliphatic carboxylic acids is 1. The highest BCUT2D eigenvalue weighted by atomic mass is 16.5. The predicted octanol–water partition coefficient (Wildman–Crippen LogP) is 1.26. The van der Waals surface area contributed by atoms with Gasteiger partial charge in [0.1, 0.15) is 6.04 Å². The quantitative estimate of drug-likeness (QED) is 0.745. The second-order valence-electron chi connectivity index (χ2n) is 5.96. The Bertz CT molecular complexity index is 370. The van der Waals surface area contributed by atoms with E-state index in [-0.39, 0.29) is 11.9 Å². The number of hydrogen-bond acceptors (Lipinski definition) is 3. The first-order chi connectivity index (χ1) is 9.50. The van der Waals surface area contributed by atoms with E-state index in [1.54, 1.807) is 11.9 Å². The Morgan fingerprint density at radius 2 is 2.05 bits per heavy atom. The number of carboxylic acids is 1. The number of likely N-dealkylation sites (N-methyl/N-ethyl adjacent to an activating group) is 1. The number of hydrogen-bond donors (Lipinski definition) is 1. The Hall–Kier alpha value is -1.30. The SMILES string of the molecule is CC1CCN(C(=O)N(C)CCOCC2CC2)C1C(=O)O. The standard InChI is InChI=1S/C14H24N2O4/c1-10-5-6-16(12(10)13(17)18)14(19)15(2)7-8-20-9-11-3-4-11/h10-12H,3-9H2,1-2H3,(H,17,18). The van der Waals surface area contributed by atoms with Gasteiger partial charge in [0.05, 0.1) is 6.61 Å². The molecule has 6 nitrogen and oxygen atoms in total. The number of urea groups is 1. The number of amides is 2. The molecule has 1 saturated carbocycles. The Morgan fingerprint density at radius 3 is 2.65 bits per heavy atom. The monoisotopic (exact) mass is 284 g/mol. The Kier molecular flexibility index (Phi) is 4.86. The molecule has 114 valence electrons. The van der Waals surface area contributed by atoms with Crippen molar-refractivity contribution in [2.75, 3.05) is 33.4 Å². The minimum Gasteiger partial charge on any atom is -0.480 e. The van der Waals surface area contributed by atoms with E-state index in [1.165, 1.54) is 17.7 Å². The molecule has 1 saturated heterocycles. The fourth-order valence-electron chi connectivity index (χ4n) is 2.59. The molecule has 1 heterocycles. The molecule has 20 heavy (non-hydrogen) atoms. The summed E-state index contributed by atoms with van der Waals surface area (Å²) in [5.41, 5.74) is 0. The first-order valence-electron chi connectivity index (χ1n) is 7.33. The largest absolute Gasteiger partial charge is 0.480 e. The van der Waals surface area contributed by atoms with Crippen molar-refractivity contribution in [3.05, 3.63) is 0 Å².